The lowest BCUT2D eigenvalue weighted by Crippen LogP contribution is -2.58. The second kappa shape index (κ2) is 8.48. The molecule has 4 heteroatoms. The first-order valence-corrected chi connectivity index (χ1v) is 10.8. The third kappa shape index (κ3) is 3.88. The Morgan fingerprint density at radius 3 is 2.47 bits per heavy atom. The molecule has 156 valence electrons. The van der Waals surface area contributed by atoms with Gasteiger partial charge in [0.2, 0.25) is 0 Å². The minimum Gasteiger partial charge on any atom is -0.370 e. The van der Waals surface area contributed by atoms with Gasteiger partial charge in [-0.25, -0.2) is 0 Å². The Morgan fingerprint density at radius 2 is 1.63 bits per heavy atom. The van der Waals surface area contributed by atoms with Crippen LogP contribution in [0.3, 0.4) is 0 Å². The van der Waals surface area contributed by atoms with Crippen LogP contribution in [0.15, 0.2) is 72.8 Å². The number of rotatable bonds is 4. The molecule has 2 aliphatic heterocycles. The Kier molecular flexibility index (Phi) is 5.57. The molecule has 2 aliphatic rings. The zero-order chi connectivity index (χ0) is 20.5. The molecule has 0 spiro atoms. The van der Waals surface area contributed by atoms with Gasteiger partial charge in [0, 0.05) is 11.5 Å². The summed E-state index contributed by atoms with van der Waals surface area (Å²) in [5.41, 5.74) is 2.19. The van der Waals surface area contributed by atoms with Crippen molar-refractivity contribution in [1.29, 1.82) is 0 Å². The molecule has 0 aromatic heterocycles. The van der Waals surface area contributed by atoms with Gasteiger partial charge in [-0.05, 0) is 29.3 Å². The first-order valence-electron chi connectivity index (χ1n) is 10.8. The van der Waals surface area contributed by atoms with Gasteiger partial charge in [-0.2, -0.15) is 0 Å². The molecule has 0 saturated carbocycles. The lowest BCUT2D eigenvalue weighted by molar-refractivity contribution is -0.325. The van der Waals surface area contributed by atoms with E-state index in [1.165, 1.54) is 16.3 Å². The molecule has 0 N–H and O–H groups in total. The second-order valence-electron chi connectivity index (χ2n) is 8.37. The Bertz CT molecular complexity index is 989. The molecule has 0 amide bonds. The van der Waals surface area contributed by atoms with Crippen molar-refractivity contribution in [3.8, 4) is 0 Å². The second-order valence-corrected chi connectivity index (χ2v) is 8.37. The summed E-state index contributed by atoms with van der Waals surface area (Å²) in [5.74, 6) is 0.223. The van der Waals surface area contributed by atoms with Crippen molar-refractivity contribution >= 4 is 10.8 Å². The normalized spacial score (nSPS) is 31.4. The molecule has 5 rings (SSSR count). The van der Waals surface area contributed by atoms with Crippen LogP contribution in [0.4, 0.5) is 0 Å². The quantitative estimate of drug-likeness (QED) is 0.594. The summed E-state index contributed by atoms with van der Waals surface area (Å²) in [5, 5.41) is 2.48. The van der Waals surface area contributed by atoms with Crippen LogP contribution in [0, 0.1) is 5.92 Å². The summed E-state index contributed by atoms with van der Waals surface area (Å²) in [6.07, 6.45) is -0.620. The SMILES string of the molecule is CC1[C@H](C)OC2COC(c3ccccc3)O[C@@H]2[C@@H]1OCc1ccc2ccccc2c1. The van der Waals surface area contributed by atoms with Crippen molar-refractivity contribution in [2.75, 3.05) is 6.61 Å². The number of hydrogen-bond donors (Lipinski definition) is 0. The van der Waals surface area contributed by atoms with Gasteiger partial charge in [-0.15, -0.1) is 0 Å². The van der Waals surface area contributed by atoms with Crippen molar-refractivity contribution in [1.82, 2.24) is 0 Å². The predicted molar refractivity (Wildman–Crippen MR) is 116 cm³/mol. The fourth-order valence-electron chi connectivity index (χ4n) is 4.47. The van der Waals surface area contributed by atoms with E-state index in [4.69, 9.17) is 18.9 Å². The first-order chi connectivity index (χ1) is 14.7. The van der Waals surface area contributed by atoms with E-state index in [-0.39, 0.29) is 36.6 Å². The van der Waals surface area contributed by atoms with Crippen molar-refractivity contribution in [3.63, 3.8) is 0 Å². The van der Waals surface area contributed by atoms with Gasteiger partial charge in [-0.1, -0.05) is 73.7 Å². The summed E-state index contributed by atoms with van der Waals surface area (Å²) < 4.78 is 25.1. The number of benzene rings is 3. The minimum absolute atomic E-state index is 0.0552. The van der Waals surface area contributed by atoms with E-state index in [1.807, 2.05) is 30.3 Å². The summed E-state index contributed by atoms with van der Waals surface area (Å²) in [7, 11) is 0. The highest BCUT2D eigenvalue weighted by Crippen LogP contribution is 2.37. The third-order valence-electron chi connectivity index (χ3n) is 6.36. The van der Waals surface area contributed by atoms with Crippen LogP contribution in [-0.2, 0) is 25.6 Å². The first kappa shape index (κ1) is 19.7. The lowest BCUT2D eigenvalue weighted by atomic mass is 9.88. The van der Waals surface area contributed by atoms with E-state index >= 15 is 0 Å². The topological polar surface area (TPSA) is 36.9 Å². The number of ether oxygens (including phenoxy) is 4. The van der Waals surface area contributed by atoms with Gasteiger partial charge in [-0.3, -0.25) is 0 Å². The van der Waals surface area contributed by atoms with Crippen LogP contribution in [0.1, 0.15) is 31.3 Å². The van der Waals surface area contributed by atoms with Gasteiger partial charge in [0.1, 0.15) is 12.2 Å². The van der Waals surface area contributed by atoms with E-state index in [0.29, 0.717) is 13.2 Å². The maximum atomic E-state index is 6.49. The summed E-state index contributed by atoms with van der Waals surface area (Å²) in [4.78, 5) is 0. The lowest BCUT2D eigenvalue weighted by Gasteiger charge is -2.48. The number of hydrogen-bond acceptors (Lipinski definition) is 4. The van der Waals surface area contributed by atoms with Crippen LogP contribution < -0.4 is 0 Å². The van der Waals surface area contributed by atoms with Gasteiger partial charge < -0.3 is 18.9 Å². The van der Waals surface area contributed by atoms with E-state index in [9.17, 15) is 0 Å². The van der Waals surface area contributed by atoms with E-state index < -0.39 is 0 Å². The Balaban J connectivity index is 1.34. The fraction of sp³-hybridized carbons (Fsp3) is 0.385. The molecule has 0 radical (unpaired) electrons. The average molecular weight is 405 g/mol. The van der Waals surface area contributed by atoms with Gasteiger partial charge in [0.15, 0.2) is 6.29 Å². The summed E-state index contributed by atoms with van der Waals surface area (Å²) >= 11 is 0. The van der Waals surface area contributed by atoms with Crippen molar-refractivity contribution in [2.24, 2.45) is 5.92 Å². The van der Waals surface area contributed by atoms with Crippen LogP contribution in [0.5, 0.6) is 0 Å². The molecule has 0 aliphatic carbocycles. The number of fused-ring (bicyclic) bond motifs is 2. The minimum atomic E-state index is -0.386. The molecular weight excluding hydrogens is 376 g/mol. The molecule has 3 unspecified atom stereocenters. The maximum Gasteiger partial charge on any atom is 0.184 e. The van der Waals surface area contributed by atoms with Gasteiger partial charge in [0.05, 0.1) is 25.4 Å². The Hall–Kier alpha value is -2.24. The summed E-state index contributed by atoms with van der Waals surface area (Å²) in [6, 6.07) is 25.0. The average Bonchev–Trinajstić information content (AvgIpc) is 2.79. The van der Waals surface area contributed by atoms with Gasteiger partial charge in [0.25, 0.3) is 0 Å². The van der Waals surface area contributed by atoms with Gasteiger partial charge >= 0.3 is 0 Å². The molecule has 3 aromatic rings. The van der Waals surface area contributed by atoms with Crippen molar-refractivity contribution in [2.45, 2.75) is 51.2 Å². The molecular formula is C26H28O4. The van der Waals surface area contributed by atoms with Crippen LogP contribution >= 0.6 is 0 Å². The molecule has 2 fully saturated rings. The molecule has 0 bridgehead atoms. The smallest absolute Gasteiger partial charge is 0.184 e. The van der Waals surface area contributed by atoms with E-state index in [0.717, 1.165) is 5.56 Å². The highest BCUT2D eigenvalue weighted by Gasteiger charge is 2.47. The molecule has 3 aromatic carbocycles. The van der Waals surface area contributed by atoms with Crippen LogP contribution in [0.25, 0.3) is 10.8 Å². The Morgan fingerprint density at radius 1 is 0.867 bits per heavy atom. The van der Waals surface area contributed by atoms with Crippen molar-refractivity contribution in [3.05, 3.63) is 83.9 Å². The van der Waals surface area contributed by atoms with Crippen LogP contribution in [0.2, 0.25) is 0 Å². The molecule has 6 atom stereocenters. The molecule has 2 saturated heterocycles. The largest absolute Gasteiger partial charge is 0.370 e. The van der Waals surface area contributed by atoms with E-state index in [2.05, 4.69) is 56.3 Å². The predicted octanol–water partition coefficient (Wildman–Crippen LogP) is 5.26. The zero-order valence-electron chi connectivity index (χ0n) is 17.4. The summed E-state index contributed by atoms with van der Waals surface area (Å²) in [6.45, 7) is 5.35. The van der Waals surface area contributed by atoms with Crippen molar-refractivity contribution < 1.29 is 18.9 Å². The fourth-order valence-corrected chi connectivity index (χ4v) is 4.47. The molecule has 4 nitrogen and oxygen atoms in total. The maximum absolute atomic E-state index is 6.49. The zero-order valence-corrected chi connectivity index (χ0v) is 17.4. The standard InChI is InChI=1S/C26H28O4/c1-17-18(2)29-23-16-28-26(21-9-4-3-5-10-21)30-25(23)24(17)27-15-19-12-13-20-8-6-7-11-22(20)14-19/h3-14,17-18,23-26H,15-16H2,1-2H3/t17?,18-,23?,24+,25-,26?/m0/s1. The van der Waals surface area contributed by atoms with Crippen LogP contribution in [-0.4, -0.2) is 31.0 Å². The molecule has 30 heavy (non-hydrogen) atoms. The monoisotopic (exact) mass is 404 g/mol. The molecule has 2 heterocycles. The Labute approximate surface area is 177 Å². The van der Waals surface area contributed by atoms with E-state index in [1.54, 1.807) is 0 Å². The highest BCUT2D eigenvalue weighted by molar-refractivity contribution is 5.82. The third-order valence-corrected chi connectivity index (χ3v) is 6.36. The highest BCUT2D eigenvalue weighted by atomic mass is 16.7.